The van der Waals surface area contributed by atoms with Crippen molar-refractivity contribution in [3.8, 4) is 17.2 Å². The Morgan fingerprint density at radius 3 is 2.59 bits per heavy atom. The topological polar surface area (TPSA) is 82.5 Å². The average Bonchev–Trinajstić information content (AvgIpc) is 2.85. The molecule has 4 rings (SSSR count). The zero-order valence-electron chi connectivity index (χ0n) is 15.8. The number of guanidine groups is 1. The third kappa shape index (κ3) is 2.60. The lowest BCUT2D eigenvalue weighted by Gasteiger charge is -2.41. The monoisotopic (exact) mass is 358 g/mol. The molecule has 1 atom stereocenters. The van der Waals surface area contributed by atoms with Crippen LogP contribution in [0.5, 0.6) is 0 Å². The molecule has 0 saturated carbocycles. The Balaban J connectivity index is 1.92. The van der Waals surface area contributed by atoms with Crippen molar-refractivity contribution in [1.82, 2.24) is 4.90 Å². The maximum absolute atomic E-state index is 13.2. The minimum atomic E-state index is -0.960. The van der Waals surface area contributed by atoms with Crippen molar-refractivity contribution in [3.05, 3.63) is 59.2 Å². The lowest BCUT2D eigenvalue weighted by atomic mass is 9.65. The maximum Gasteiger partial charge on any atom is 0.261 e. The van der Waals surface area contributed by atoms with Crippen LogP contribution >= 0.6 is 0 Å². The van der Waals surface area contributed by atoms with E-state index in [1.54, 1.807) is 13.1 Å². The summed E-state index contributed by atoms with van der Waals surface area (Å²) in [5.41, 5.74) is 9.61. The van der Waals surface area contributed by atoms with Gasteiger partial charge in [-0.2, -0.15) is 5.26 Å². The van der Waals surface area contributed by atoms with Gasteiger partial charge in [0.1, 0.15) is 0 Å². The van der Waals surface area contributed by atoms with Crippen molar-refractivity contribution in [2.75, 3.05) is 7.05 Å². The molecule has 136 valence electrons. The van der Waals surface area contributed by atoms with Gasteiger partial charge in [0.2, 0.25) is 0 Å². The number of nitrogens with zero attached hydrogens (tertiary/aromatic N) is 3. The van der Waals surface area contributed by atoms with Gasteiger partial charge in [0, 0.05) is 7.05 Å². The Morgan fingerprint density at radius 1 is 1.19 bits per heavy atom. The van der Waals surface area contributed by atoms with Crippen molar-refractivity contribution in [2.45, 2.75) is 32.2 Å². The highest BCUT2D eigenvalue weighted by molar-refractivity contribution is 6.07. The number of nitriles is 1. The van der Waals surface area contributed by atoms with E-state index in [0.29, 0.717) is 12.0 Å². The molecule has 5 heteroatoms. The van der Waals surface area contributed by atoms with Crippen molar-refractivity contribution in [2.24, 2.45) is 16.1 Å². The molecule has 5 nitrogen and oxygen atoms in total. The standard InChI is InChI=1S/C22H22N4O/c1-21(2)11-17-8-7-16(15-6-4-5-14(9-15)12-23)10-18(17)22(13-21)19(27)26(3)20(24)25-22/h4-10H,11,13H2,1-3H3,(H2,24,25)/t22-/m1/s1. The number of hydrogen-bond donors (Lipinski definition) is 1. The predicted molar refractivity (Wildman–Crippen MR) is 105 cm³/mol. The summed E-state index contributed by atoms with van der Waals surface area (Å²) in [5.74, 6) is 0.192. The van der Waals surface area contributed by atoms with Crippen molar-refractivity contribution < 1.29 is 4.79 Å². The van der Waals surface area contributed by atoms with Gasteiger partial charge in [-0.25, -0.2) is 4.99 Å². The van der Waals surface area contributed by atoms with E-state index in [4.69, 9.17) is 5.73 Å². The van der Waals surface area contributed by atoms with E-state index >= 15 is 0 Å². The molecule has 2 aromatic rings. The zero-order valence-corrected chi connectivity index (χ0v) is 15.8. The molecule has 1 heterocycles. The zero-order chi connectivity index (χ0) is 19.4. The molecule has 2 N–H and O–H groups in total. The van der Waals surface area contributed by atoms with Crippen molar-refractivity contribution in [3.63, 3.8) is 0 Å². The van der Waals surface area contributed by atoms with Crippen LogP contribution in [0, 0.1) is 16.7 Å². The molecule has 1 aliphatic carbocycles. The van der Waals surface area contributed by atoms with E-state index in [2.05, 4.69) is 43.1 Å². The van der Waals surface area contributed by atoms with Gasteiger partial charge in [-0.05, 0) is 58.7 Å². The molecule has 0 aromatic heterocycles. The number of amides is 1. The Hall–Kier alpha value is -3.13. The Bertz CT molecular complexity index is 1030. The van der Waals surface area contributed by atoms with Crippen molar-refractivity contribution in [1.29, 1.82) is 5.26 Å². The quantitative estimate of drug-likeness (QED) is 0.850. The number of likely N-dealkylation sites (N-methyl/N-ethyl adjacent to an activating group) is 1. The van der Waals surface area contributed by atoms with Gasteiger partial charge in [-0.1, -0.05) is 38.1 Å². The highest BCUT2D eigenvalue weighted by Crippen LogP contribution is 2.50. The largest absolute Gasteiger partial charge is 0.369 e. The van der Waals surface area contributed by atoms with Crippen LogP contribution in [-0.4, -0.2) is 23.8 Å². The van der Waals surface area contributed by atoms with E-state index in [1.165, 1.54) is 4.90 Å². The van der Waals surface area contributed by atoms with Gasteiger partial charge in [0.25, 0.3) is 5.91 Å². The Morgan fingerprint density at radius 2 is 1.93 bits per heavy atom. The molecular formula is C22H22N4O. The lowest BCUT2D eigenvalue weighted by Crippen LogP contribution is -2.46. The molecule has 1 aliphatic heterocycles. The van der Waals surface area contributed by atoms with Crippen LogP contribution in [0.2, 0.25) is 0 Å². The highest BCUT2D eigenvalue weighted by Gasteiger charge is 2.54. The predicted octanol–water partition coefficient (Wildman–Crippen LogP) is 3.18. The molecule has 0 bridgehead atoms. The van der Waals surface area contributed by atoms with Crippen LogP contribution in [0.25, 0.3) is 11.1 Å². The van der Waals surface area contributed by atoms with Gasteiger partial charge < -0.3 is 5.73 Å². The van der Waals surface area contributed by atoms with Crippen LogP contribution in [-0.2, 0) is 16.8 Å². The maximum atomic E-state index is 13.2. The third-order valence-corrected chi connectivity index (χ3v) is 5.59. The van der Waals surface area contributed by atoms with Gasteiger partial charge in [0.15, 0.2) is 11.5 Å². The van der Waals surface area contributed by atoms with E-state index in [9.17, 15) is 10.1 Å². The van der Waals surface area contributed by atoms with Gasteiger partial charge in [0.05, 0.1) is 11.6 Å². The first-order chi connectivity index (χ1) is 12.8. The van der Waals surface area contributed by atoms with E-state index < -0.39 is 5.54 Å². The normalized spacial score (nSPS) is 23.1. The van der Waals surface area contributed by atoms with Crippen LogP contribution in [0.1, 0.15) is 37.0 Å². The fourth-order valence-corrected chi connectivity index (χ4v) is 4.42. The minimum Gasteiger partial charge on any atom is -0.369 e. The second kappa shape index (κ2) is 5.68. The highest BCUT2D eigenvalue weighted by atomic mass is 16.2. The summed E-state index contributed by atoms with van der Waals surface area (Å²) in [5, 5.41) is 9.19. The van der Waals surface area contributed by atoms with E-state index in [0.717, 1.165) is 28.7 Å². The first kappa shape index (κ1) is 17.3. The van der Waals surface area contributed by atoms with E-state index in [-0.39, 0.29) is 17.3 Å². The number of carbonyl (C=O) groups excluding carboxylic acids is 1. The fourth-order valence-electron chi connectivity index (χ4n) is 4.42. The third-order valence-electron chi connectivity index (χ3n) is 5.59. The molecule has 2 aliphatic rings. The fraction of sp³-hybridized carbons (Fsp3) is 0.318. The van der Waals surface area contributed by atoms with Crippen LogP contribution < -0.4 is 5.73 Å². The Kier molecular flexibility index (Phi) is 3.64. The molecule has 0 fully saturated rings. The smallest absolute Gasteiger partial charge is 0.261 e. The van der Waals surface area contributed by atoms with Crippen LogP contribution in [0.15, 0.2) is 47.5 Å². The summed E-state index contributed by atoms with van der Waals surface area (Å²) < 4.78 is 0. The summed E-state index contributed by atoms with van der Waals surface area (Å²) in [4.78, 5) is 19.3. The average molecular weight is 358 g/mol. The molecule has 0 radical (unpaired) electrons. The number of hydrogen-bond acceptors (Lipinski definition) is 4. The van der Waals surface area contributed by atoms with E-state index in [1.807, 2.05) is 18.2 Å². The van der Waals surface area contributed by atoms with Gasteiger partial charge in [-0.3, -0.25) is 9.69 Å². The number of fused-ring (bicyclic) bond motifs is 2. The number of carbonyl (C=O) groups is 1. The second-order valence-electron chi connectivity index (χ2n) is 8.28. The summed E-state index contributed by atoms with van der Waals surface area (Å²) in [6.07, 6.45) is 1.51. The number of benzene rings is 2. The molecule has 1 spiro atoms. The SMILES string of the molecule is CN1C(=O)[C@]2(CC(C)(C)Cc3ccc(-c4cccc(C#N)c4)cc32)N=C1N. The lowest BCUT2D eigenvalue weighted by molar-refractivity contribution is -0.132. The first-order valence-corrected chi connectivity index (χ1v) is 9.03. The molecule has 2 aromatic carbocycles. The second-order valence-corrected chi connectivity index (χ2v) is 8.28. The molecule has 0 saturated heterocycles. The van der Waals surface area contributed by atoms with Crippen LogP contribution in [0.3, 0.4) is 0 Å². The summed E-state index contributed by atoms with van der Waals surface area (Å²) >= 11 is 0. The number of aliphatic imine (C=N–C) groups is 1. The molecule has 27 heavy (non-hydrogen) atoms. The summed E-state index contributed by atoms with van der Waals surface area (Å²) in [6, 6.07) is 15.9. The Labute approximate surface area is 159 Å². The summed E-state index contributed by atoms with van der Waals surface area (Å²) in [7, 11) is 1.68. The number of nitrogens with two attached hydrogens (primary N) is 1. The van der Waals surface area contributed by atoms with Crippen LogP contribution in [0.4, 0.5) is 0 Å². The van der Waals surface area contributed by atoms with Gasteiger partial charge >= 0.3 is 0 Å². The molecular weight excluding hydrogens is 336 g/mol. The van der Waals surface area contributed by atoms with Crippen molar-refractivity contribution >= 4 is 11.9 Å². The molecule has 1 amide bonds. The summed E-state index contributed by atoms with van der Waals surface area (Å²) in [6.45, 7) is 4.33. The minimum absolute atomic E-state index is 0.0557. The first-order valence-electron chi connectivity index (χ1n) is 9.03. The number of rotatable bonds is 1. The van der Waals surface area contributed by atoms with Gasteiger partial charge in [-0.15, -0.1) is 0 Å². The molecule has 0 unspecified atom stereocenters.